The lowest BCUT2D eigenvalue weighted by Crippen LogP contribution is -2.00. The molecule has 2 aromatic heterocycles. The predicted molar refractivity (Wildman–Crippen MR) is 84.9 cm³/mol. The molecular weight excluding hydrogens is 314 g/mol. The van der Waals surface area contributed by atoms with Gasteiger partial charge in [-0.05, 0) is 18.2 Å². The smallest absolute Gasteiger partial charge is 0.354 e. The van der Waals surface area contributed by atoms with Crippen LogP contribution in [0.4, 0.5) is 5.69 Å². The molecule has 3 aromatic rings. The van der Waals surface area contributed by atoms with Crippen molar-refractivity contribution in [3.8, 4) is 5.75 Å². The van der Waals surface area contributed by atoms with E-state index in [-0.39, 0.29) is 12.3 Å². The molecule has 0 aliphatic heterocycles. The SMILES string of the molecule is COC(=O)c1cc2cc(COc3cccc([N+](=O)[O-])c3)cnc2[nH]1. The number of carbonyl (C=O) groups excluding carboxylic acids is 1. The Hall–Kier alpha value is -3.42. The zero-order chi connectivity index (χ0) is 17.1. The number of hydrogen-bond acceptors (Lipinski definition) is 6. The molecule has 1 aromatic carbocycles. The number of H-pyrrole nitrogens is 1. The van der Waals surface area contributed by atoms with E-state index in [0.29, 0.717) is 17.1 Å². The third kappa shape index (κ3) is 3.17. The van der Waals surface area contributed by atoms with Gasteiger partial charge in [0.1, 0.15) is 23.7 Å². The molecular formula is C16H13N3O5. The van der Waals surface area contributed by atoms with Crippen molar-refractivity contribution in [2.75, 3.05) is 7.11 Å². The summed E-state index contributed by atoms with van der Waals surface area (Å²) in [7, 11) is 1.31. The van der Waals surface area contributed by atoms with Crippen LogP contribution in [-0.2, 0) is 11.3 Å². The van der Waals surface area contributed by atoms with Gasteiger partial charge in [0.05, 0.1) is 18.1 Å². The van der Waals surface area contributed by atoms with Crippen LogP contribution < -0.4 is 4.74 Å². The molecule has 0 unspecified atom stereocenters. The Labute approximate surface area is 136 Å². The van der Waals surface area contributed by atoms with Crippen molar-refractivity contribution >= 4 is 22.7 Å². The number of hydrogen-bond donors (Lipinski definition) is 1. The molecule has 0 aliphatic carbocycles. The van der Waals surface area contributed by atoms with Crippen molar-refractivity contribution in [2.45, 2.75) is 6.61 Å². The molecule has 8 heteroatoms. The van der Waals surface area contributed by atoms with Crippen LogP contribution in [-0.4, -0.2) is 28.0 Å². The van der Waals surface area contributed by atoms with E-state index in [9.17, 15) is 14.9 Å². The Morgan fingerprint density at radius 2 is 2.17 bits per heavy atom. The highest BCUT2D eigenvalue weighted by Gasteiger charge is 2.11. The maximum atomic E-state index is 11.5. The van der Waals surface area contributed by atoms with E-state index in [1.807, 2.05) is 6.07 Å². The average Bonchev–Trinajstić information content (AvgIpc) is 3.02. The van der Waals surface area contributed by atoms with Crippen molar-refractivity contribution in [2.24, 2.45) is 0 Å². The largest absolute Gasteiger partial charge is 0.489 e. The third-order valence-electron chi connectivity index (χ3n) is 3.37. The van der Waals surface area contributed by atoms with Gasteiger partial charge in [-0.15, -0.1) is 0 Å². The van der Waals surface area contributed by atoms with E-state index in [1.54, 1.807) is 24.4 Å². The number of ether oxygens (including phenoxy) is 2. The van der Waals surface area contributed by atoms with E-state index in [1.165, 1.54) is 19.2 Å². The summed E-state index contributed by atoms with van der Waals surface area (Å²) in [4.78, 5) is 28.9. The molecule has 0 atom stereocenters. The van der Waals surface area contributed by atoms with Crippen LogP contribution in [0.5, 0.6) is 5.75 Å². The molecule has 122 valence electrons. The van der Waals surface area contributed by atoms with Crippen LogP contribution in [0.1, 0.15) is 16.1 Å². The summed E-state index contributed by atoms with van der Waals surface area (Å²) in [6.45, 7) is 0.197. The Kier molecular flexibility index (Phi) is 4.11. The zero-order valence-electron chi connectivity index (χ0n) is 12.7. The van der Waals surface area contributed by atoms with Gasteiger partial charge in [-0.3, -0.25) is 10.1 Å². The highest BCUT2D eigenvalue weighted by Crippen LogP contribution is 2.21. The number of esters is 1. The summed E-state index contributed by atoms with van der Waals surface area (Å²) in [5.74, 6) is -0.0731. The maximum absolute atomic E-state index is 11.5. The number of fused-ring (bicyclic) bond motifs is 1. The summed E-state index contributed by atoms with van der Waals surface area (Å²) in [6, 6.07) is 9.42. The number of methoxy groups -OCH3 is 1. The van der Waals surface area contributed by atoms with Crippen LogP contribution >= 0.6 is 0 Å². The summed E-state index contributed by atoms with van der Waals surface area (Å²) in [5.41, 5.74) is 1.62. The third-order valence-corrected chi connectivity index (χ3v) is 3.37. The average molecular weight is 327 g/mol. The number of nitrogens with one attached hydrogen (secondary N) is 1. The lowest BCUT2D eigenvalue weighted by molar-refractivity contribution is -0.384. The lowest BCUT2D eigenvalue weighted by atomic mass is 10.2. The first kappa shape index (κ1) is 15.5. The quantitative estimate of drug-likeness (QED) is 0.438. The van der Waals surface area contributed by atoms with Crippen LogP contribution in [0, 0.1) is 10.1 Å². The maximum Gasteiger partial charge on any atom is 0.354 e. The fourth-order valence-electron chi connectivity index (χ4n) is 2.21. The Balaban J connectivity index is 1.77. The first-order valence-electron chi connectivity index (χ1n) is 7.00. The summed E-state index contributed by atoms with van der Waals surface area (Å²) in [6.07, 6.45) is 1.61. The summed E-state index contributed by atoms with van der Waals surface area (Å²) < 4.78 is 10.2. The van der Waals surface area contributed by atoms with Crippen LogP contribution in [0.15, 0.2) is 42.6 Å². The second-order valence-electron chi connectivity index (χ2n) is 5.00. The van der Waals surface area contributed by atoms with Crippen molar-refractivity contribution in [1.29, 1.82) is 0 Å². The number of aromatic amines is 1. The molecule has 0 saturated carbocycles. The van der Waals surface area contributed by atoms with Crippen LogP contribution in [0.25, 0.3) is 11.0 Å². The molecule has 24 heavy (non-hydrogen) atoms. The highest BCUT2D eigenvalue weighted by atomic mass is 16.6. The van der Waals surface area contributed by atoms with Gasteiger partial charge >= 0.3 is 5.97 Å². The first-order valence-corrected chi connectivity index (χ1v) is 7.00. The normalized spacial score (nSPS) is 10.5. The number of benzene rings is 1. The Morgan fingerprint density at radius 1 is 1.33 bits per heavy atom. The molecule has 2 heterocycles. The minimum atomic E-state index is -0.478. The number of nitrogens with zero attached hydrogens (tertiary/aromatic N) is 2. The monoisotopic (exact) mass is 327 g/mol. The molecule has 0 radical (unpaired) electrons. The van der Waals surface area contributed by atoms with Gasteiger partial charge in [0.15, 0.2) is 0 Å². The lowest BCUT2D eigenvalue weighted by Gasteiger charge is -2.05. The summed E-state index contributed by atoms with van der Waals surface area (Å²) >= 11 is 0. The Morgan fingerprint density at radius 3 is 2.92 bits per heavy atom. The standard InChI is InChI=1S/C16H13N3O5/c1-23-16(20)14-6-11-5-10(8-17-15(11)18-14)9-24-13-4-2-3-12(7-13)19(21)22/h2-8H,9H2,1H3,(H,17,18). The topological polar surface area (TPSA) is 107 Å². The second kappa shape index (κ2) is 6.37. The van der Waals surface area contributed by atoms with Gasteiger partial charge < -0.3 is 14.5 Å². The fourth-order valence-corrected chi connectivity index (χ4v) is 2.21. The van der Waals surface area contributed by atoms with Crippen molar-refractivity contribution < 1.29 is 19.2 Å². The zero-order valence-corrected chi connectivity index (χ0v) is 12.7. The number of nitro groups is 1. The first-order chi connectivity index (χ1) is 11.6. The van der Waals surface area contributed by atoms with E-state index >= 15 is 0 Å². The molecule has 0 fully saturated rings. The minimum Gasteiger partial charge on any atom is -0.489 e. The molecule has 0 amide bonds. The number of nitro benzene ring substituents is 1. The fraction of sp³-hybridized carbons (Fsp3) is 0.125. The molecule has 8 nitrogen and oxygen atoms in total. The van der Waals surface area contributed by atoms with Crippen molar-refractivity contribution in [3.05, 3.63) is 64.0 Å². The van der Waals surface area contributed by atoms with Gasteiger partial charge in [0.25, 0.3) is 5.69 Å². The van der Waals surface area contributed by atoms with Gasteiger partial charge in [-0.1, -0.05) is 6.07 Å². The van der Waals surface area contributed by atoms with E-state index in [2.05, 4.69) is 14.7 Å². The number of non-ortho nitro benzene ring substituents is 1. The van der Waals surface area contributed by atoms with Crippen LogP contribution in [0.3, 0.4) is 0 Å². The number of rotatable bonds is 5. The van der Waals surface area contributed by atoms with Crippen molar-refractivity contribution in [3.63, 3.8) is 0 Å². The Bertz CT molecular complexity index is 919. The van der Waals surface area contributed by atoms with E-state index in [4.69, 9.17) is 4.74 Å². The van der Waals surface area contributed by atoms with Gasteiger partial charge in [0, 0.05) is 23.2 Å². The molecule has 0 bridgehead atoms. The summed E-state index contributed by atoms with van der Waals surface area (Å²) in [5, 5.41) is 11.5. The van der Waals surface area contributed by atoms with Crippen LogP contribution in [0.2, 0.25) is 0 Å². The molecule has 3 rings (SSSR count). The number of aromatic nitrogens is 2. The predicted octanol–water partition coefficient (Wildman–Crippen LogP) is 2.84. The van der Waals surface area contributed by atoms with Crippen molar-refractivity contribution in [1.82, 2.24) is 9.97 Å². The molecule has 0 spiro atoms. The number of pyridine rings is 1. The number of carbonyl (C=O) groups is 1. The molecule has 0 aliphatic rings. The van der Waals surface area contributed by atoms with Gasteiger partial charge in [-0.25, -0.2) is 9.78 Å². The van der Waals surface area contributed by atoms with Gasteiger partial charge in [0.2, 0.25) is 0 Å². The van der Waals surface area contributed by atoms with E-state index < -0.39 is 10.9 Å². The molecule has 1 N–H and O–H groups in total. The van der Waals surface area contributed by atoms with E-state index in [0.717, 1.165) is 10.9 Å². The molecule has 0 saturated heterocycles. The van der Waals surface area contributed by atoms with Gasteiger partial charge in [-0.2, -0.15) is 0 Å². The second-order valence-corrected chi connectivity index (χ2v) is 5.00. The minimum absolute atomic E-state index is 0.0329. The highest BCUT2D eigenvalue weighted by molar-refractivity contribution is 5.93.